The van der Waals surface area contributed by atoms with Crippen LogP contribution in [0.5, 0.6) is 11.5 Å². The minimum atomic E-state index is -0.0598. The van der Waals surface area contributed by atoms with Crippen LogP contribution in [0.15, 0.2) is 48.5 Å². The summed E-state index contributed by atoms with van der Waals surface area (Å²) >= 11 is 6.61. The molecule has 1 aliphatic heterocycles. The maximum Gasteiger partial charge on any atom is 0.258 e. The summed E-state index contributed by atoms with van der Waals surface area (Å²) in [5.41, 5.74) is 3.31. The predicted molar refractivity (Wildman–Crippen MR) is 128 cm³/mol. The van der Waals surface area contributed by atoms with Crippen LogP contribution in [0.4, 0.5) is 0 Å². The minimum Gasteiger partial charge on any atom is -0.497 e. The Balaban J connectivity index is 1.41. The van der Waals surface area contributed by atoms with Gasteiger partial charge in [-0.2, -0.15) is 5.10 Å². The van der Waals surface area contributed by atoms with E-state index < -0.39 is 0 Å². The average molecular weight is 469 g/mol. The van der Waals surface area contributed by atoms with Gasteiger partial charge in [-0.25, -0.2) is 4.68 Å². The van der Waals surface area contributed by atoms with Crippen molar-refractivity contribution in [3.8, 4) is 11.5 Å². The van der Waals surface area contributed by atoms with E-state index in [0.717, 1.165) is 42.3 Å². The average Bonchev–Trinajstić information content (AvgIpc) is 3.12. The van der Waals surface area contributed by atoms with Gasteiger partial charge in [0.15, 0.2) is 0 Å². The zero-order chi connectivity index (χ0) is 23.4. The third-order valence-electron chi connectivity index (χ3n) is 6.00. The first kappa shape index (κ1) is 23.1. The van der Waals surface area contributed by atoms with Crippen LogP contribution in [0.2, 0.25) is 5.15 Å². The fourth-order valence-corrected chi connectivity index (χ4v) is 4.49. The lowest BCUT2D eigenvalue weighted by atomic mass is 10.1. The van der Waals surface area contributed by atoms with Crippen LogP contribution in [-0.2, 0) is 13.1 Å². The molecule has 3 aromatic rings. The lowest BCUT2D eigenvalue weighted by molar-refractivity contribution is 0.0627. The second-order valence-corrected chi connectivity index (χ2v) is 8.50. The van der Waals surface area contributed by atoms with Crippen LogP contribution < -0.4 is 9.47 Å². The van der Waals surface area contributed by atoms with E-state index in [4.69, 9.17) is 21.1 Å². The summed E-state index contributed by atoms with van der Waals surface area (Å²) in [7, 11) is 3.33. The number of carbonyl (C=O) groups is 1. The molecule has 1 fully saturated rings. The summed E-state index contributed by atoms with van der Waals surface area (Å²) in [4.78, 5) is 17.5. The smallest absolute Gasteiger partial charge is 0.258 e. The second-order valence-electron chi connectivity index (χ2n) is 8.14. The van der Waals surface area contributed by atoms with E-state index in [-0.39, 0.29) is 5.91 Å². The van der Waals surface area contributed by atoms with Gasteiger partial charge in [-0.3, -0.25) is 9.69 Å². The normalized spacial score (nSPS) is 14.4. The van der Waals surface area contributed by atoms with Gasteiger partial charge in [0.2, 0.25) is 0 Å². The van der Waals surface area contributed by atoms with Crippen molar-refractivity contribution in [3.63, 3.8) is 0 Å². The number of rotatable bonds is 7. The van der Waals surface area contributed by atoms with Crippen LogP contribution in [0, 0.1) is 6.92 Å². The Labute approximate surface area is 199 Å². The molecule has 1 saturated heterocycles. The number of halogens is 1. The molecule has 33 heavy (non-hydrogen) atoms. The number of nitrogens with zero attached hydrogens (tertiary/aromatic N) is 4. The Hall–Kier alpha value is -3.03. The van der Waals surface area contributed by atoms with E-state index in [1.165, 1.54) is 0 Å². The summed E-state index contributed by atoms with van der Waals surface area (Å²) in [6, 6.07) is 15.8. The van der Waals surface area contributed by atoms with E-state index in [2.05, 4.69) is 10.00 Å². The summed E-state index contributed by atoms with van der Waals surface area (Å²) < 4.78 is 12.6. The van der Waals surface area contributed by atoms with E-state index in [1.807, 2.05) is 60.4 Å². The van der Waals surface area contributed by atoms with Crippen LogP contribution in [0.25, 0.3) is 0 Å². The number of benzene rings is 2. The number of carbonyl (C=O) groups excluding carboxylic acids is 1. The molecule has 0 bridgehead atoms. The summed E-state index contributed by atoms with van der Waals surface area (Å²) in [6.07, 6.45) is 0. The van der Waals surface area contributed by atoms with E-state index in [9.17, 15) is 4.79 Å². The van der Waals surface area contributed by atoms with Gasteiger partial charge in [0, 0.05) is 38.3 Å². The lowest BCUT2D eigenvalue weighted by Gasteiger charge is -2.35. The van der Waals surface area contributed by atoms with Crippen molar-refractivity contribution in [2.45, 2.75) is 20.0 Å². The Morgan fingerprint density at radius 2 is 1.73 bits per heavy atom. The van der Waals surface area contributed by atoms with Crippen molar-refractivity contribution < 1.29 is 14.3 Å². The van der Waals surface area contributed by atoms with Gasteiger partial charge in [-0.15, -0.1) is 0 Å². The molecule has 4 rings (SSSR count). The number of ether oxygens (including phenoxy) is 2. The van der Waals surface area contributed by atoms with Crippen molar-refractivity contribution in [2.24, 2.45) is 0 Å². The number of amides is 1. The number of piperazine rings is 1. The van der Waals surface area contributed by atoms with Crippen molar-refractivity contribution in [1.82, 2.24) is 19.6 Å². The highest BCUT2D eigenvalue weighted by atomic mass is 35.5. The number of hydrogen-bond acceptors (Lipinski definition) is 5. The van der Waals surface area contributed by atoms with Crippen molar-refractivity contribution >= 4 is 17.5 Å². The number of methoxy groups -OCH3 is 2. The van der Waals surface area contributed by atoms with Gasteiger partial charge in [0.25, 0.3) is 5.91 Å². The second kappa shape index (κ2) is 10.3. The first-order valence-electron chi connectivity index (χ1n) is 11.0. The molecule has 2 heterocycles. The highest BCUT2D eigenvalue weighted by Crippen LogP contribution is 2.27. The quantitative estimate of drug-likeness (QED) is 0.527. The largest absolute Gasteiger partial charge is 0.497 e. The monoisotopic (exact) mass is 468 g/mol. The topological polar surface area (TPSA) is 59.8 Å². The Kier molecular flexibility index (Phi) is 7.20. The summed E-state index contributed by atoms with van der Waals surface area (Å²) in [5.74, 6) is 1.58. The van der Waals surface area contributed by atoms with Crippen molar-refractivity contribution in [1.29, 1.82) is 0 Å². The third-order valence-corrected chi connectivity index (χ3v) is 6.38. The number of aryl methyl sites for hydroxylation is 1. The van der Waals surface area contributed by atoms with E-state index in [0.29, 0.717) is 36.0 Å². The highest BCUT2D eigenvalue weighted by molar-refractivity contribution is 6.33. The fourth-order valence-electron chi connectivity index (χ4n) is 4.17. The molecule has 0 spiro atoms. The molecule has 0 N–H and O–H groups in total. The van der Waals surface area contributed by atoms with E-state index >= 15 is 0 Å². The molecule has 0 aliphatic carbocycles. The SMILES string of the molecule is COc1ccc(OC)c(CN2CCN(C(=O)c3c(C)nn(Cc4ccccc4)c3Cl)CC2)c1. The molecule has 2 aromatic carbocycles. The molecule has 1 aliphatic rings. The molecule has 0 unspecified atom stereocenters. The van der Waals surface area contributed by atoms with Crippen LogP contribution >= 0.6 is 11.6 Å². The van der Waals surface area contributed by atoms with Crippen LogP contribution in [0.3, 0.4) is 0 Å². The molecule has 7 nitrogen and oxygen atoms in total. The number of hydrogen-bond donors (Lipinski definition) is 0. The van der Waals surface area contributed by atoms with Gasteiger partial charge in [0.1, 0.15) is 16.7 Å². The molecule has 8 heteroatoms. The summed E-state index contributed by atoms with van der Waals surface area (Å²) in [5, 5.41) is 4.92. The van der Waals surface area contributed by atoms with Gasteiger partial charge in [-0.05, 0) is 30.7 Å². The zero-order valence-corrected chi connectivity index (χ0v) is 20.0. The predicted octanol–water partition coefficient (Wildman–Crippen LogP) is 3.87. The molecule has 1 amide bonds. The van der Waals surface area contributed by atoms with Gasteiger partial charge < -0.3 is 14.4 Å². The molecule has 1 aromatic heterocycles. The van der Waals surface area contributed by atoms with Gasteiger partial charge in [0.05, 0.1) is 32.0 Å². The minimum absolute atomic E-state index is 0.0598. The molecule has 0 radical (unpaired) electrons. The van der Waals surface area contributed by atoms with Crippen molar-refractivity contribution in [3.05, 3.63) is 76.1 Å². The first-order valence-corrected chi connectivity index (χ1v) is 11.4. The molecular weight excluding hydrogens is 440 g/mol. The van der Waals surface area contributed by atoms with Crippen LogP contribution in [0.1, 0.15) is 27.2 Å². The van der Waals surface area contributed by atoms with Crippen molar-refractivity contribution in [2.75, 3.05) is 40.4 Å². The maximum absolute atomic E-state index is 13.3. The van der Waals surface area contributed by atoms with Gasteiger partial charge >= 0.3 is 0 Å². The molecule has 0 atom stereocenters. The first-order chi connectivity index (χ1) is 16.0. The van der Waals surface area contributed by atoms with E-state index in [1.54, 1.807) is 18.9 Å². The van der Waals surface area contributed by atoms with Gasteiger partial charge in [-0.1, -0.05) is 41.9 Å². The maximum atomic E-state index is 13.3. The highest BCUT2D eigenvalue weighted by Gasteiger charge is 2.28. The fraction of sp³-hybridized carbons (Fsp3) is 0.360. The molecular formula is C25H29ClN4O3. The molecule has 174 valence electrons. The Morgan fingerprint density at radius 3 is 2.39 bits per heavy atom. The zero-order valence-electron chi connectivity index (χ0n) is 19.3. The number of aromatic nitrogens is 2. The molecule has 0 saturated carbocycles. The Morgan fingerprint density at radius 1 is 1.00 bits per heavy atom. The summed E-state index contributed by atoms with van der Waals surface area (Å²) in [6.45, 7) is 5.89. The lowest BCUT2D eigenvalue weighted by Crippen LogP contribution is -2.48. The standard InChI is InChI=1S/C25H29ClN4O3/c1-18-23(24(26)30(27-18)16-19-7-5-4-6-8-19)25(31)29-13-11-28(12-14-29)17-20-15-21(32-2)9-10-22(20)33-3/h4-10,15H,11-14,16-17H2,1-3H3. The Bertz CT molecular complexity index is 1110. The van der Waals surface area contributed by atoms with Crippen LogP contribution in [-0.4, -0.2) is 65.9 Å². The third kappa shape index (κ3) is 5.15.